The van der Waals surface area contributed by atoms with E-state index in [0.717, 1.165) is 6.54 Å². The number of hydrogen-bond donors (Lipinski definition) is 0. The Kier molecular flexibility index (Phi) is 4.08. The second kappa shape index (κ2) is 5.56. The van der Waals surface area contributed by atoms with E-state index in [1.54, 1.807) is 11.3 Å². The normalized spacial score (nSPS) is 10.5. The summed E-state index contributed by atoms with van der Waals surface area (Å²) in [5.41, 5.74) is 3.71. The lowest BCUT2D eigenvalue weighted by atomic mass is 10.1. The van der Waals surface area contributed by atoms with E-state index in [9.17, 15) is 0 Å². The van der Waals surface area contributed by atoms with E-state index in [1.807, 2.05) is 0 Å². The Balaban J connectivity index is 2.14. The van der Waals surface area contributed by atoms with Crippen molar-refractivity contribution in [3.05, 3.63) is 51.7 Å². The highest BCUT2D eigenvalue weighted by Gasteiger charge is 2.05. The molecule has 0 aliphatic heterocycles. The molecule has 0 radical (unpaired) electrons. The third-order valence-corrected chi connectivity index (χ3v) is 4.03. The van der Waals surface area contributed by atoms with Gasteiger partial charge in [-0.3, -0.25) is 0 Å². The minimum Gasteiger partial charge on any atom is -0.369 e. The van der Waals surface area contributed by atoms with Crippen LogP contribution in [0.2, 0.25) is 0 Å². The first-order chi connectivity index (χ1) is 8.20. The zero-order chi connectivity index (χ0) is 12.3. The summed E-state index contributed by atoms with van der Waals surface area (Å²) in [7, 11) is 2.12. The lowest BCUT2D eigenvalue weighted by Gasteiger charge is -2.19. The maximum atomic E-state index is 5.87. The molecule has 0 saturated heterocycles. The summed E-state index contributed by atoms with van der Waals surface area (Å²) in [6.07, 6.45) is 0. The van der Waals surface area contributed by atoms with Gasteiger partial charge in [0.25, 0.3) is 0 Å². The monoisotopic (exact) mass is 265 g/mol. The molecule has 0 unspecified atom stereocenters. The van der Waals surface area contributed by atoms with Gasteiger partial charge < -0.3 is 4.90 Å². The van der Waals surface area contributed by atoms with E-state index in [1.165, 1.54) is 21.7 Å². The van der Waals surface area contributed by atoms with Gasteiger partial charge in [-0.1, -0.05) is 12.1 Å². The van der Waals surface area contributed by atoms with Crippen molar-refractivity contribution in [3.8, 4) is 0 Å². The van der Waals surface area contributed by atoms with Crippen molar-refractivity contribution < 1.29 is 0 Å². The molecule has 17 heavy (non-hydrogen) atoms. The van der Waals surface area contributed by atoms with Crippen molar-refractivity contribution in [3.63, 3.8) is 0 Å². The van der Waals surface area contributed by atoms with Crippen LogP contribution in [-0.4, -0.2) is 7.05 Å². The van der Waals surface area contributed by atoms with Crippen molar-refractivity contribution in [2.45, 2.75) is 19.3 Å². The Morgan fingerprint density at radius 2 is 2.12 bits per heavy atom. The summed E-state index contributed by atoms with van der Waals surface area (Å²) in [5.74, 6) is 0.584. The molecular formula is C14H16ClNS. The fraction of sp³-hybridized carbons (Fsp3) is 0.286. The van der Waals surface area contributed by atoms with Crippen LogP contribution in [0.4, 0.5) is 5.69 Å². The van der Waals surface area contributed by atoms with Crippen LogP contribution in [0.1, 0.15) is 16.0 Å². The zero-order valence-corrected chi connectivity index (χ0v) is 11.7. The summed E-state index contributed by atoms with van der Waals surface area (Å²) in [6, 6.07) is 10.7. The van der Waals surface area contributed by atoms with E-state index in [0.29, 0.717) is 5.88 Å². The minimum absolute atomic E-state index is 0.584. The fourth-order valence-corrected chi connectivity index (χ4v) is 2.85. The predicted molar refractivity (Wildman–Crippen MR) is 77.2 cm³/mol. The molecule has 0 aliphatic carbocycles. The van der Waals surface area contributed by atoms with Crippen LogP contribution in [0.25, 0.3) is 0 Å². The van der Waals surface area contributed by atoms with Crippen molar-refractivity contribution in [2.24, 2.45) is 0 Å². The van der Waals surface area contributed by atoms with E-state index in [-0.39, 0.29) is 0 Å². The number of hydrogen-bond acceptors (Lipinski definition) is 2. The van der Waals surface area contributed by atoms with Crippen molar-refractivity contribution in [1.82, 2.24) is 0 Å². The molecule has 1 nitrogen and oxygen atoms in total. The van der Waals surface area contributed by atoms with Crippen LogP contribution in [-0.2, 0) is 12.4 Å². The Morgan fingerprint density at radius 3 is 2.71 bits per heavy atom. The molecule has 0 amide bonds. The zero-order valence-electron chi connectivity index (χ0n) is 10.1. The van der Waals surface area contributed by atoms with Crippen LogP contribution in [0.3, 0.4) is 0 Å². The molecule has 0 bridgehead atoms. The number of alkyl halides is 1. The first-order valence-electron chi connectivity index (χ1n) is 5.59. The molecule has 0 spiro atoms. The van der Waals surface area contributed by atoms with Gasteiger partial charge in [0, 0.05) is 23.5 Å². The SMILES string of the molecule is Cc1cc(N(C)Cc2cccs2)ccc1CCl. The smallest absolute Gasteiger partial charge is 0.0519 e. The molecule has 90 valence electrons. The maximum absolute atomic E-state index is 5.87. The molecule has 0 fully saturated rings. The largest absolute Gasteiger partial charge is 0.369 e. The number of thiophene rings is 1. The van der Waals surface area contributed by atoms with Crippen LogP contribution in [0.5, 0.6) is 0 Å². The average molecular weight is 266 g/mol. The first kappa shape index (κ1) is 12.5. The van der Waals surface area contributed by atoms with Crippen molar-refractivity contribution in [2.75, 3.05) is 11.9 Å². The molecule has 1 heterocycles. The van der Waals surface area contributed by atoms with Crippen molar-refractivity contribution in [1.29, 1.82) is 0 Å². The highest BCUT2D eigenvalue weighted by atomic mass is 35.5. The number of rotatable bonds is 4. The van der Waals surface area contributed by atoms with Gasteiger partial charge in [0.1, 0.15) is 0 Å². The molecule has 1 aromatic heterocycles. The molecule has 2 aromatic rings. The Morgan fingerprint density at radius 1 is 1.29 bits per heavy atom. The quantitative estimate of drug-likeness (QED) is 0.739. The third-order valence-electron chi connectivity index (χ3n) is 2.88. The van der Waals surface area contributed by atoms with Gasteiger partial charge in [-0.15, -0.1) is 22.9 Å². The number of halogens is 1. The molecule has 3 heteroatoms. The summed E-state index contributed by atoms with van der Waals surface area (Å²) >= 11 is 7.66. The number of aryl methyl sites for hydroxylation is 1. The highest BCUT2D eigenvalue weighted by molar-refractivity contribution is 7.09. The van der Waals surface area contributed by atoms with Gasteiger partial charge in [0.05, 0.1) is 6.54 Å². The summed E-state index contributed by atoms with van der Waals surface area (Å²) in [6.45, 7) is 3.07. The summed E-state index contributed by atoms with van der Waals surface area (Å²) in [5, 5.41) is 2.12. The number of nitrogens with zero attached hydrogens (tertiary/aromatic N) is 1. The first-order valence-corrected chi connectivity index (χ1v) is 7.01. The Labute approximate surface area is 112 Å². The molecule has 0 saturated carbocycles. The Bertz CT molecular complexity index is 479. The molecule has 0 aliphatic rings. The second-order valence-electron chi connectivity index (χ2n) is 4.18. The van der Waals surface area contributed by atoms with Crippen LogP contribution >= 0.6 is 22.9 Å². The van der Waals surface area contributed by atoms with E-state index < -0.39 is 0 Å². The van der Waals surface area contributed by atoms with E-state index in [4.69, 9.17) is 11.6 Å². The number of anilines is 1. The molecule has 0 N–H and O–H groups in total. The topological polar surface area (TPSA) is 3.24 Å². The van der Waals surface area contributed by atoms with Crippen LogP contribution in [0, 0.1) is 6.92 Å². The molecule has 0 atom stereocenters. The maximum Gasteiger partial charge on any atom is 0.0519 e. The highest BCUT2D eigenvalue weighted by Crippen LogP contribution is 2.22. The fourth-order valence-electron chi connectivity index (χ4n) is 1.80. The van der Waals surface area contributed by atoms with Gasteiger partial charge in [-0.2, -0.15) is 0 Å². The van der Waals surface area contributed by atoms with Gasteiger partial charge in [-0.25, -0.2) is 0 Å². The molecule has 2 rings (SSSR count). The van der Waals surface area contributed by atoms with Gasteiger partial charge in [-0.05, 0) is 41.6 Å². The summed E-state index contributed by atoms with van der Waals surface area (Å²) < 4.78 is 0. The van der Waals surface area contributed by atoms with E-state index >= 15 is 0 Å². The lowest BCUT2D eigenvalue weighted by molar-refractivity contribution is 0.938. The predicted octanol–water partition coefficient (Wildman–Crippen LogP) is 4.43. The van der Waals surface area contributed by atoms with Crippen LogP contribution in [0.15, 0.2) is 35.7 Å². The third kappa shape index (κ3) is 3.02. The van der Waals surface area contributed by atoms with Gasteiger partial charge in [0.2, 0.25) is 0 Å². The van der Waals surface area contributed by atoms with Gasteiger partial charge >= 0.3 is 0 Å². The van der Waals surface area contributed by atoms with E-state index in [2.05, 4.69) is 54.6 Å². The minimum atomic E-state index is 0.584. The second-order valence-corrected chi connectivity index (χ2v) is 5.48. The lowest BCUT2D eigenvalue weighted by Crippen LogP contribution is -2.15. The number of benzene rings is 1. The van der Waals surface area contributed by atoms with Crippen LogP contribution < -0.4 is 4.90 Å². The average Bonchev–Trinajstić information content (AvgIpc) is 2.81. The molecule has 1 aromatic carbocycles. The molecular weight excluding hydrogens is 250 g/mol. The summed E-state index contributed by atoms with van der Waals surface area (Å²) in [4.78, 5) is 3.64. The van der Waals surface area contributed by atoms with Crippen molar-refractivity contribution >= 4 is 28.6 Å². The van der Waals surface area contributed by atoms with Gasteiger partial charge in [0.15, 0.2) is 0 Å². The standard InChI is InChI=1S/C14H16ClNS/c1-11-8-13(6-5-12(11)9-15)16(2)10-14-4-3-7-17-14/h3-8H,9-10H2,1-2H3. The Hall–Kier alpha value is -0.990.